The topological polar surface area (TPSA) is 12.0 Å². The highest BCUT2D eigenvalue weighted by Gasteiger charge is 2.16. The van der Waals surface area contributed by atoms with Gasteiger partial charge in [-0.2, -0.15) is 11.8 Å². The minimum Gasteiger partial charge on any atom is -0.310 e. The molecule has 1 aromatic carbocycles. The Hall–Kier alpha value is -0.180. The zero-order valence-corrected chi connectivity index (χ0v) is 11.2. The van der Waals surface area contributed by atoms with E-state index >= 15 is 0 Å². The highest BCUT2D eigenvalue weighted by atomic mass is 35.5. The molecule has 1 fully saturated rings. The highest BCUT2D eigenvalue weighted by molar-refractivity contribution is 7.99. The predicted molar refractivity (Wildman–Crippen MR) is 73.3 cm³/mol. The Bertz CT molecular complexity index is 319. The first kappa shape index (κ1) is 12.3. The van der Waals surface area contributed by atoms with Gasteiger partial charge in [-0.1, -0.05) is 23.7 Å². The number of nitrogens with one attached hydrogen (secondary N) is 1. The average Bonchev–Trinajstić information content (AvgIpc) is 2.80. The summed E-state index contributed by atoms with van der Waals surface area (Å²) in [6.45, 7) is 3.35. The quantitative estimate of drug-likeness (QED) is 0.880. The van der Waals surface area contributed by atoms with E-state index in [1.165, 1.54) is 23.5 Å². The molecule has 2 rings (SSSR count). The third-order valence-corrected chi connectivity index (χ3v) is 4.59. The maximum atomic E-state index is 5.87. The molecule has 16 heavy (non-hydrogen) atoms. The molecule has 88 valence electrons. The molecule has 0 aromatic heterocycles. The summed E-state index contributed by atoms with van der Waals surface area (Å²) in [5.74, 6) is 3.52. The number of halogens is 1. The molecule has 3 heteroatoms. The molecule has 1 aliphatic heterocycles. The lowest BCUT2D eigenvalue weighted by Crippen LogP contribution is -2.25. The van der Waals surface area contributed by atoms with E-state index in [2.05, 4.69) is 36.1 Å². The maximum absolute atomic E-state index is 5.87. The molecule has 1 nitrogen and oxygen atoms in total. The van der Waals surface area contributed by atoms with Crippen LogP contribution in [-0.4, -0.2) is 18.1 Å². The average molecular weight is 256 g/mol. The molecule has 1 aromatic rings. The van der Waals surface area contributed by atoms with Crippen molar-refractivity contribution in [3.63, 3.8) is 0 Å². The summed E-state index contributed by atoms with van der Waals surface area (Å²) in [7, 11) is 0. The van der Waals surface area contributed by atoms with Crippen LogP contribution in [0.25, 0.3) is 0 Å². The van der Waals surface area contributed by atoms with E-state index in [0.717, 1.165) is 17.5 Å². The largest absolute Gasteiger partial charge is 0.310 e. The number of rotatable bonds is 4. The van der Waals surface area contributed by atoms with Crippen molar-refractivity contribution in [2.75, 3.05) is 18.1 Å². The molecule has 0 bridgehead atoms. The second kappa shape index (κ2) is 5.95. The second-order valence-electron chi connectivity index (χ2n) is 4.41. The summed E-state index contributed by atoms with van der Waals surface area (Å²) in [4.78, 5) is 0. The Morgan fingerprint density at radius 2 is 2.19 bits per heavy atom. The van der Waals surface area contributed by atoms with E-state index in [1.54, 1.807) is 0 Å². The maximum Gasteiger partial charge on any atom is 0.0406 e. The van der Waals surface area contributed by atoms with Gasteiger partial charge in [-0.05, 0) is 55.0 Å². The summed E-state index contributed by atoms with van der Waals surface area (Å²) < 4.78 is 0. The van der Waals surface area contributed by atoms with Gasteiger partial charge in [-0.15, -0.1) is 0 Å². The van der Waals surface area contributed by atoms with Crippen LogP contribution >= 0.6 is 23.4 Å². The fourth-order valence-electron chi connectivity index (χ4n) is 1.96. The van der Waals surface area contributed by atoms with Crippen LogP contribution in [-0.2, 0) is 0 Å². The van der Waals surface area contributed by atoms with Gasteiger partial charge in [0.15, 0.2) is 0 Å². The number of hydrogen-bond donors (Lipinski definition) is 1. The molecule has 0 radical (unpaired) electrons. The van der Waals surface area contributed by atoms with Crippen LogP contribution in [0.2, 0.25) is 5.02 Å². The lowest BCUT2D eigenvalue weighted by atomic mass is 10.1. The Labute approximate surface area is 107 Å². The normalized spacial score (nSPS) is 22.2. The Morgan fingerprint density at radius 1 is 1.44 bits per heavy atom. The third-order valence-electron chi connectivity index (χ3n) is 3.11. The molecule has 0 aliphatic carbocycles. The first-order valence-corrected chi connectivity index (χ1v) is 7.35. The van der Waals surface area contributed by atoms with Crippen LogP contribution in [0.4, 0.5) is 0 Å². The van der Waals surface area contributed by atoms with Crippen LogP contribution in [0.1, 0.15) is 24.9 Å². The van der Waals surface area contributed by atoms with Gasteiger partial charge in [0.2, 0.25) is 0 Å². The van der Waals surface area contributed by atoms with Crippen molar-refractivity contribution in [2.45, 2.75) is 19.4 Å². The predicted octanol–water partition coefficient (Wildman–Crippen LogP) is 3.74. The summed E-state index contributed by atoms with van der Waals surface area (Å²) in [5, 5.41) is 4.41. The zero-order chi connectivity index (χ0) is 11.4. The molecule has 0 amide bonds. The molecule has 1 saturated heterocycles. The smallest absolute Gasteiger partial charge is 0.0406 e. The molecule has 1 N–H and O–H groups in total. The fraction of sp³-hybridized carbons (Fsp3) is 0.538. The molecule has 2 atom stereocenters. The van der Waals surface area contributed by atoms with Gasteiger partial charge in [-0.3, -0.25) is 0 Å². The van der Waals surface area contributed by atoms with E-state index in [4.69, 9.17) is 11.6 Å². The van der Waals surface area contributed by atoms with Crippen molar-refractivity contribution in [1.82, 2.24) is 5.32 Å². The van der Waals surface area contributed by atoms with Crippen molar-refractivity contribution in [2.24, 2.45) is 5.92 Å². The highest BCUT2D eigenvalue weighted by Crippen LogP contribution is 2.23. The zero-order valence-electron chi connectivity index (χ0n) is 9.58. The second-order valence-corrected chi connectivity index (χ2v) is 6.00. The van der Waals surface area contributed by atoms with Crippen LogP contribution < -0.4 is 5.32 Å². The minimum absolute atomic E-state index is 0.419. The summed E-state index contributed by atoms with van der Waals surface area (Å²) in [6.07, 6.45) is 1.37. The van der Waals surface area contributed by atoms with Gasteiger partial charge < -0.3 is 5.32 Å². The van der Waals surface area contributed by atoms with Crippen molar-refractivity contribution in [3.05, 3.63) is 34.9 Å². The van der Waals surface area contributed by atoms with Crippen LogP contribution in [0, 0.1) is 5.92 Å². The van der Waals surface area contributed by atoms with Gasteiger partial charge in [0.1, 0.15) is 0 Å². The van der Waals surface area contributed by atoms with Gasteiger partial charge in [0.05, 0.1) is 0 Å². The van der Waals surface area contributed by atoms with Gasteiger partial charge in [0, 0.05) is 11.1 Å². The Morgan fingerprint density at radius 3 is 2.81 bits per heavy atom. The SMILES string of the molecule is C[C@@H](NCC1CCSC1)c1ccc(Cl)cc1. The lowest BCUT2D eigenvalue weighted by molar-refractivity contribution is 0.477. The number of thioether (sulfide) groups is 1. The van der Waals surface area contributed by atoms with Crippen LogP contribution in [0.3, 0.4) is 0 Å². The minimum atomic E-state index is 0.419. The standard InChI is InChI=1S/C13H18ClNS/c1-10(12-2-4-13(14)5-3-12)15-8-11-6-7-16-9-11/h2-5,10-11,15H,6-9H2,1H3/t10-,11?/m1/s1. The number of hydrogen-bond acceptors (Lipinski definition) is 2. The summed E-state index contributed by atoms with van der Waals surface area (Å²) in [5.41, 5.74) is 1.31. The first-order chi connectivity index (χ1) is 7.75. The van der Waals surface area contributed by atoms with Crippen LogP contribution in [0.5, 0.6) is 0 Å². The molecule has 1 heterocycles. The lowest BCUT2D eigenvalue weighted by Gasteiger charge is -2.17. The van der Waals surface area contributed by atoms with Crippen molar-refractivity contribution >= 4 is 23.4 Å². The molecular formula is C13H18ClNS. The van der Waals surface area contributed by atoms with Crippen molar-refractivity contribution in [1.29, 1.82) is 0 Å². The van der Waals surface area contributed by atoms with Gasteiger partial charge in [-0.25, -0.2) is 0 Å². The monoisotopic (exact) mass is 255 g/mol. The van der Waals surface area contributed by atoms with Gasteiger partial charge >= 0.3 is 0 Å². The fourth-order valence-corrected chi connectivity index (χ4v) is 3.37. The molecule has 0 saturated carbocycles. The van der Waals surface area contributed by atoms with E-state index in [0.29, 0.717) is 6.04 Å². The Balaban J connectivity index is 1.82. The molecule has 1 unspecified atom stereocenters. The summed E-state index contributed by atoms with van der Waals surface area (Å²) in [6, 6.07) is 8.54. The van der Waals surface area contributed by atoms with Crippen LogP contribution in [0.15, 0.2) is 24.3 Å². The summed E-state index contributed by atoms with van der Waals surface area (Å²) >= 11 is 7.95. The van der Waals surface area contributed by atoms with E-state index in [1.807, 2.05) is 12.1 Å². The molecular weight excluding hydrogens is 238 g/mol. The Kier molecular flexibility index (Phi) is 4.56. The molecule has 0 spiro atoms. The van der Waals surface area contributed by atoms with Gasteiger partial charge in [0.25, 0.3) is 0 Å². The number of benzene rings is 1. The van der Waals surface area contributed by atoms with E-state index < -0.39 is 0 Å². The van der Waals surface area contributed by atoms with E-state index in [9.17, 15) is 0 Å². The van der Waals surface area contributed by atoms with E-state index in [-0.39, 0.29) is 0 Å². The van der Waals surface area contributed by atoms with Crippen molar-refractivity contribution < 1.29 is 0 Å². The molecule has 1 aliphatic rings. The van der Waals surface area contributed by atoms with Crippen molar-refractivity contribution in [3.8, 4) is 0 Å². The first-order valence-electron chi connectivity index (χ1n) is 5.82. The third kappa shape index (κ3) is 3.41.